The van der Waals surface area contributed by atoms with Gasteiger partial charge in [-0.3, -0.25) is 4.79 Å². The number of nitrogen functional groups attached to an aromatic ring is 1. The van der Waals surface area contributed by atoms with Gasteiger partial charge in [-0.2, -0.15) is 0 Å². The van der Waals surface area contributed by atoms with Gasteiger partial charge in [0.25, 0.3) is 0 Å². The molecule has 0 bridgehead atoms. The van der Waals surface area contributed by atoms with Crippen LogP contribution in [0.1, 0.15) is 26.3 Å². The number of hydrogen-bond acceptors (Lipinski definition) is 4. The van der Waals surface area contributed by atoms with Gasteiger partial charge < -0.3 is 20.9 Å². The normalized spacial score (nSPS) is 10.9. The Kier molecular flexibility index (Phi) is 4.37. The summed E-state index contributed by atoms with van der Waals surface area (Å²) in [5.74, 6) is -0.756. The molecule has 0 aliphatic heterocycles. The van der Waals surface area contributed by atoms with Gasteiger partial charge in [-0.15, -0.1) is 0 Å². The molecule has 0 radical (unpaired) electrons. The fraction of sp³-hybridized carbons (Fsp3) is 0.385. The van der Waals surface area contributed by atoms with Gasteiger partial charge in [0.15, 0.2) is 0 Å². The number of amides is 1. The first kappa shape index (κ1) is 14.8. The molecule has 0 heterocycles. The molecule has 104 valence electrons. The largest absolute Gasteiger partial charge is 0.481 e. The SMILES string of the molecule is CC(C)(C)NC(=O)Oc1cc(N)cc(CC(=O)O)c1. The molecule has 0 saturated carbocycles. The number of hydrogen-bond donors (Lipinski definition) is 3. The predicted molar refractivity (Wildman–Crippen MR) is 71.1 cm³/mol. The molecule has 0 atom stereocenters. The second-order valence-electron chi connectivity index (χ2n) is 5.25. The molecule has 6 nitrogen and oxygen atoms in total. The summed E-state index contributed by atoms with van der Waals surface area (Å²) in [6, 6.07) is 4.48. The zero-order chi connectivity index (χ0) is 14.6. The van der Waals surface area contributed by atoms with E-state index in [2.05, 4.69) is 5.32 Å². The van der Waals surface area contributed by atoms with E-state index in [0.717, 1.165) is 0 Å². The fourth-order valence-electron chi connectivity index (χ4n) is 1.46. The van der Waals surface area contributed by atoms with Gasteiger partial charge in [-0.25, -0.2) is 4.79 Å². The molecule has 0 unspecified atom stereocenters. The van der Waals surface area contributed by atoms with Gasteiger partial charge in [0.2, 0.25) is 0 Å². The Morgan fingerprint density at radius 2 is 1.95 bits per heavy atom. The molecule has 0 saturated heterocycles. The number of carbonyl (C=O) groups excluding carboxylic acids is 1. The van der Waals surface area contributed by atoms with Crippen LogP contribution in [-0.4, -0.2) is 22.7 Å². The van der Waals surface area contributed by atoms with Crippen LogP contribution < -0.4 is 15.8 Å². The zero-order valence-corrected chi connectivity index (χ0v) is 11.2. The molecule has 0 spiro atoms. The molecule has 1 aromatic rings. The molecule has 19 heavy (non-hydrogen) atoms. The topological polar surface area (TPSA) is 102 Å². The monoisotopic (exact) mass is 266 g/mol. The lowest BCUT2D eigenvalue weighted by Crippen LogP contribution is -2.42. The van der Waals surface area contributed by atoms with E-state index in [1.807, 2.05) is 20.8 Å². The zero-order valence-electron chi connectivity index (χ0n) is 11.2. The predicted octanol–water partition coefficient (Wildman–Crippen LogP) is 1.78. The third-order valence-corrected chi connectivity index (χ3v) is 2.03. The van der Waals surface area contributed by atoms with Crippen LogP contribution in [0.5, 0.6) is 5.75 Å². The van der Waals surface area contributed by atoms with Crippen LogP contribution in [0.3, 0.4) is 0 Å². The third-order valence-electron chi connectivity index (χ3n) is 2.03. The molecule has 0 aliphatic rings. The Labute approximate surface area is 111 Å². The highest BCUT2D eigenvalue weighted by Gasteiger charge is 2.15. The van der Waals surface area contributed by atoms with Crippen molar-refractivity contribution in [1.82, 2.24) is 5.32 Å². The Balaban J connectivity index is 2.81. The van der Waals surface area contributed by atoms with E-state index >= 15 is 0 Å². The van der Waals surface area contributed by atoms with Gasteiger partial charge >= 0.3 is 12.1 Å². The highest BCUT2D eigenvalue weighted by molar-refractivity contribution is 5.73. The van der Waals surface area contributed by atoms with Crippen molar-refractivity contribution in [1.29, 1.82) is 0 Å². The summed E-state index contributed by atoms with van der Waals surface area (Å²) >= 11 is 0. The van der Waals surface area contributed by atoms with Crippen molar-refractivity contribution >= 4 is 17.7 Å². The number of carbonyl (C=O) groups is 2. The standard InChI is InChI=1S/C13H18N2O4/c1-13(2,3)15-12(18)19-10-5-8(6-11(16)17)4-9(14)7-10/h4-5,7H,6,14H2,1-3H3,(H,15,18)(H,16,17). The Bertz CT molecular complexity index is 492. The number of ether oxygens (including phenoxy) is 1. The minimum Gasteiger partial charge on any atom is -0.481 e. The molecular weight excluding hydrogens is 248 g/mol. The maximum atomic E-state index is 11.6. The second kappa shape index (κ2) is 5.60. The Morgan fingerprint density at radius 1 is 1.32 bits per heavy atom. The summed E-state index contributed by atoms with van der Waals surface area (Å²) < 4.78 is 5.07. The first-order valence-electron chi connectivity index (χ1n) is 5.77. The van der Waals surface area contributed by atoms with Gasteiger partial charge in [-0.1, -0.05) is 0 Å². The number of carboxylic acid groups (broad SMARTS) is 1. The van der Waals surface area contributed by atoms with Gasteiger partial charge in [0.05, 0.1) is 6.42 Å². The van der Waals surface area contributed by atoms with Crippen molar-refractivity contribution in [3.63, 3.8) is 0 Å². The lowest BCUT2D eigenvalue weighted by atomic mass is 10.1. The number of rotatable bonds is 3. The molecule has 4 N–H and O–H groups in total. The summed E-state index contributed by atoms with van der Waals surface area (Å²) in [5.41, 5.74) is 6.04. The van der Waals surface area contributed by atoms with E-state index in [9.17, 15) is 9.59 Å². The summed E-state index contributed by atoms with van der Waals surface area (Å²) in [4.78, 5) is 22.2. The van der Waals surface area contributed by atoms with Gasteiger partial charge in [0, 0.05) is 17.3 Å². The van der Waals surface area contributed by atoms with Crippen LogP contribution in [0.2, 0.25) is 0 Å². The number of aliphatic carboxylic acids is 1. The average molecular weight is 266 g/mol. The number of nitrogens with one attached hydrogen (secondary N) is 1. The van der Waals surface area contributed by atoms with Crippen LogP contribution >= 0.6 is 0 Å². The molecule has 0 aliphatic carbocycles. The van der Waals surface area contributed by atoms with Crippen molar-refractivity contribution in [2.75, 3.05) is 5.73 Å². The van der Waals surface area contributed by atoms with Crippen LogP contribution in [-0.2, 0) is 11.2 Å². The van der Waals surface area contributed by atoms with Crippen molar-refractivity contribution in [2.45, 2.75) is 32.7 Å². The fourth-order valence-corrected chi connectivity index (χ4v) is 1.46. The first-order chi connectivity index (χ1) is 8.65. The maximum Gasteiger partial charge on any atom is 0.413 e. The molecule has 0 aromatic heterocycles. The average Bonchev–Trinajstić information content (AvgIpc) is 2.10. The molecule has 6 heteroatoms. The summed E-state index contributed by atoms with van der Waals surface area (Å²) in [5, 5.41) is 11.4. The lowest BCUT2D eigenvalue weighted by molar-refractivity contribution is -0.136. The highest BCUT2D eigenvalue weighted by Crippen LogP contribution is 2.19. The molecule has 1 aromatic carbocycles. The molecule has 1 amide bonds. The number of benzene rings is 1. The van der Waals surface area contributed by atoms with E-state index in [1.54, 1.807) is 0 Å². The van der Waals surface area contributed by atoms with E-state index < -0.39 is 17.6 Å². The number of nitrogens with two attached hydrogens (primary N) is 1. The van der Waals surface area contributed by atoms with Crippen molar-refractivity contribution in [2.24, 2.45) is 0 Å². The van der Waals surface area contributed by atoms with Crippen LogP contribution in [0.4, 0.5) is 10.5 Å². The number of carboxylic acids is 1. The summed E-state index contributed by atoms with van der Waals surface area (Å²) in [6.45, 7) is 5.47. The van der Waals surface area contributed by atoms with Gasteiger partial charge in [-0.05, 0) is 38.5 Å². The van der Waals surface area contributed by atoms with E-state index in [4.69, 9.17) is 15.6 Å². The van der Waals surface area contributed by atoms with Crippen molar-refractivity contribution in [3.8, 4) is 5.75 Å². The number of anilines is 1. The van der Waals surface area contributed by atoms with Crippen molar-refractivity contribution < 1.29 is 19.4 Å². The lowest BCUT2D eigenvalue weighted by Gasteiger charge is -2.20. The third kappa shape index (κ3) is 5.76. The first-order valence-corrected chi connectivity index (χ1v) is 5.77. The van der Waals surface area contributed by atoms with Crippen LogP contribution in [0.15, 0.2) is 18.2 Å². The minimum atomic E-state index is -0.976. The second-order valence-corrected chi connectivity index (χ2v) is 5.25. The molecule has 1 rings (SSSR count). The highest BCUT2D eigenvalue weighted by atomic mass is 16.6. The quantitative estimate of drug-likeness (QED) is 0.724. The van der Waals surface area contributed by atoms with Crippen molar-refractivity contribution in [3.05, 3.63) is 23.8 Å². The Hall–Kier alpha value is -2.24. The smallest absolute Gasteiger partial charge is 0.413 e. The minimum absolute atomic E-state index is 0.178. The van der Waals surface area contributed by atoms with Crippen LogP contribution in [0.25, 0.3) is 0 Å². The van der Waals surface area contributed by atoms with E-state index in [1.165, 1.54) is 18.2 Å². The maximum absolute atomic E-state index is 11.6. The van der Waals surface area contributed by atoms with E-state index in [-0.39, 0.29) is 12.2 Å². The summed E-state index contributed by atoms with van der Waals surface area (Å²) in [7, 11) is 0. The molecule has 0 fully saturated rings. The van der Waals surface area contributed by atoms with Crippen LogP contribution in [0, 0.1) is 0 Å². The summed E-state index contributed by atoms with van der Waals surface area (Å²) in [6.07, 6.45) is -0.790. The Morgan fingerprint density at radius 3 is 2.47 bits per heavy atom. The van der Waals surface area contributed by atoms with Gasteiger partial charge in [0.1, 0.15) is 5.75 Å². The van der Waals surface area contributed by atoms with E-state index in [0.29, 0.717) is 11.3 Å². The molecular formula is C13H18N2O4.